The van der Waals surface area contributed by atoms with Crippen molar-refractivity contribution in [3.8, 4) is 11.5 Å². The molecule has 160 valence electrons. The first kappa shape index (κ1) is 21.9. The number of nitrogens with one attached hydrogen (secondary N) is 1. The van der Waals surface area contributed by atoms with Crippen molar-refractivity contribution in [3.05, 3.63) is 90.0 Å². The second kappa shape index (κ2) is 11.4. The van der Waals surface area contributed by atoms with Gasteiger partial charge in [-0.3, -0.25) is 4.79 Å². The molecule has 0 aliphatic rings. The standard InChI is InChI=1S/C25H25NO5/c1-2-16-31-25(28)19-12-14-20(15-13-19)26-24(27)22-10-6-7-11-23(22)30-18-17-29-21-8-4-3-5-9-21/h3-15H,2,16-18H2,1H3,(H,26,27). The second-order valence-corrected chi connectivity index (χ2v) is 6.67. The Hall–Kier alpha value is -3.80. The van der Waals surface area contributed by atoms with Crippen LogP contribution in [0.5, 0.6) is 11.5 Å². The molecule has 0 unspecified atom stereocenters. The summed E-state index contributed by atoms with van der Waals surface area (Å²) in [5.41, 5.74) is 1.42. The van der Waals surface area contributed by atoms with E-state index in [0.717, 1.165) is 12.2 Å². The van der Waals surface area contributed by atoms with Gasteiger partial charge in [0.25, 0.3) is 5.91 Å². The lowest BCUT2D eigenvalue weighted by molar-refractivity contribution is 0.0505. The number of rotatable bonds is 10. The monoisotopic (exact) mass is 419 g/mol. The molecule has 0 heterocycles. The fourth-order valence-corrected chi connectivity index (χ4v) is 2.77. The topological polar surface area (TPSA) is 73.9 Å². The van der Waals surface area contributed by atoms with Gasteiger partial charge in [0.1, 0.15) is 24.7 Å². The Kier molecular flexibility index (Phi) is 8.05. The molecule has 6 nitrogen and oxygen atoms in total. The average molecular weight is 419 g/mol. The van der Waals surface area contributed by atoms with E-state index < -0.39 is 0 Å². The Labute approximate surface area is 181 Å². The molecule has 0 radical (unpaired) electrons. The Bertz CT molecular complexity index is 986. The Morgan fingerprint density at radius 3 is 2.19 bits per heavy atom. The number of amides is 1. The molecular weight excluding hydrogens is 394 g/mol. The third-order valence-electron chi connectivity index (χ3n) is 4.30. The molecule has 3 rings (SSSR count). The van der Waals surface area contributed by atoms with Gasteiger partial charge in [0.05, 0.1) is 17.7 Å². The van der Waals surface area contributed by atoms with Crippen LogP contribution in [-0.4, -0.2) is 31.7 Å². The molecule has 31 heavy (non-hydrogen) atoms. The van der Waals surface area contributed by atoms with Crippen molar-refractivity contribution in [2.75, 3.05) is 25.1 Å². The van der Waals surface area contributed by atoms with Gasteiger partial charge in [-0.1, -0.05) is 37.3 Å². The predicted octanol–water partition coefficient (Wildman–Crippen LogP) is 4.96. The molecule has 6 heteroatoms. The van der Waals surface area contributed by atoms with Crippen LogP contribution < -0.4 is 14.8 Å². The SMILES string of the molecule is CCCOC(=O)c1ccc(NC(=O)c2ccccc2OCCOc2ccccc2)cc1. The van der Waals surface area contributed by atoms with E-state index in [9.17, 15) is 9.59 Å². The quantitative estimate of drug-likeness (QED) is 0.371. The van der Waals surface area contributed by atoms with E-state index in [0.29, 0.717) is 42.4 Å². The highest BCUT2D eigenvalue weighted by molar-refractivity contribution is 6.06. The zero-order valence-electron chi connectivity index (χ0n) is 17.4. The van der Waals surface area contributed by atoms with Crippen LogP contribution in [0.2, 0.25) is 0 Å². The van der Waals surface area contributed by atoms with Crippen LogP contribution >= 0.6 is 0 Å². The Morgan fingerprint density at radius 1 is 0.774 bits per heavy atom. The number of esters is 1. The van der Waals surface area contributed by atoms with Crippen molar-refractivity contribution in [1.82, 2.24) is 0 Å². The molecule has 3 aromatic carbocycles. The zero-order valence-corrected chi connectivity index (χ0v) is 17.4. The van der Waals surface area contributed by atoms with E-state index in [4.69, 9.17) is 14.2 Å². The van der Waals surface area contributed by atoms with Crippen LogP contribution in [0, 0.1) is 0 Å². The van der Waals surface area contributed by atoms with Crippen LogP contribution in [0.4, 0.5) is 5.69 Å². The van der Waals surface area contributed by atoms with Crippen molar-refractivity contribution >= 4 is 17.6 Å². The van der Waals surface area contributed by atoms with Gasteiger partial charge in [-0.25, -0.2) is 4.79 Å². The third-order valence-corrected chi connectivity index (χ3v) is 4.30. The van der Waals surface area contributed by atoms with Crippen molar-refractivity contribution in [2.24, 2.45) is 0 Å². The first-order valence-corrected chi connectivity index (χ1v) is 10.2. The summed E-state index contributed by atoms with van der Waals surface area (Å²) in [6.07, 6.45) is 0.764. The van der Waals surface area contributed by atoms with Crippen molar-refractivity contribution in [3.63, 3.8) is 0 Å². The molecule has 0 aliphatic carbocycles. The molecule has 1 N–H and O–H groups in total. The molecule has 0 atom stereocenters. The number of carbonyl (C=O) groups excluding carboxylic acids is 2. The summed E-state index contributed by atoms with van der Waals surface area (Å²) in [5, 5.41) is 2.82. The molecule has 0 saturated carbocycles. The summed E-state index contributed by atoms with van der Waals surface area (Å²) in [6.45, 7) is 2.97. The minimum atomic E-state index is -0.379. The molecule has 0 spiro atoms. The minimum absolute atomic E-state index is 0.299. The predicted molar refractivity (Wildman–Crippen MR) is 119 cm³/mol. The second-order valence-electron chi connectivity index (χ2n) is 6.67. The zero-order chi connectivity index (χ0) is 21.9. The normalized spacial score (nSPS) is 10.2. The lowest BCUT2D eigenvalue weighted by Gasteiger charge is -2.12. The van der Waals surface area contributed by atoms with Gasteiger partial charge in [0.15, 0.2) is 0 Å². The van der Waals surface area contributed by atoms with Crippen LogP contribution in [0.1, 0.15) is 34.1 Å². The summed E-state index contributed by atoms with van der Waals surface area (Å²) in [5.74, 6) is 0.549. The van der Waals surface area contributed by atoms with Crippen molar-refractivity contribution < 1.29 is 23.8 Å². The van der Waals surface area contributed by atoms with Gasteiger partial charge in [-0.15, -0.1) is 0 Å². The maximum Gasteiger partial charge on any atom is 0.338 e. The maximum absolute atomic E-state index is 12.7. The van der Waals surface area contributed by atoms with Crippen molar-refractivity contribution in [2.45, 2.75) is 13.3 Å². The van der Waals surface area contributed by atoms with E-state index in [2.05, 4.69) is 5.32 Å². The third kappa shape index (κ3) is 6.60. The summed E-state index contributed by atoms with van der Waals surface area (Å²) in [7, 11) is 0. The van der Waals surface area contributed by atoms with Gasteiger partial charge >= 0.3 is 5.97 Å². The number of hydrogen-bond acceptors (Lipinski definition) is 5. The lowest BCUT2D eigenvalue weighted by Crippen LogP contribution is -2.15. The summed E-state index contributed by atoms with van der Waals surface area (Å²) >= 11 is 0. The fourth-order valence-electron chi connectivity index (χ4n) is 2.77. The largest absolute Gasteiger partial charge is 0.490 e. The number of carbonyl (C=O) groups is 2. The van der Waals surface area contributed by atoms with Gasteiger partial charge in [0.2, 0.25) is 0 Å². The minimum Gasteiger partial charge on any atom is -0.490 e. The van der Waals surface area contributed by atoms with Crippen LogP contribution in [0.3, 0.4) is 0 Å². The van der Waals surface area contributed by atoms with Gasteiger partial charge in [-0.2, -0.15) is 0 Å². The molecule has 0 bridgehead atoms. The summed E-state index contributed by atoms with van der Waals surface area (Å²) in [6, 6.07) is 23.0. The summed E-state index contributed by atoms with van der Waals surface area (Å²) in [4.78, 5) is 24.6. The first-order chi connectivity index (χ1) is 15.2. The van der Waals surface area contributed by atoms with E-state index in [1.165, 1.54) is 0 Å². The van der Waals surface area contributed by atoms with E-state index in [-0.39, 0.29) is 11.9 Å². The van der Waals surface area contributed by atoms with Crippen LogP contribution in [-0.2, 0) is 4.74 Å². The highest BCUT2D eigenvalue weighted by atomic mass is 16.5. The maximum atomic E-state index is 12.7. The molecular formula is C25H25NO5. The van der Waals surface area contributed by atoms with Gasteiger partial charge in [0, 0.05) is 5.69 Å². The van der Waals surface area contributed by atoms with Crippen LogP contribution in [0.15, 0.2) is 78.9 Å². The number of ether oxygens (including phenoxy) is 3. The number of para-hydroxylation sites is 2. The Morgan fingerprint density at radius 2 is 1.45 bits per heavy atom. The molecule has 0 aliphatic heterocycles. The fraction of sp³-hybridized carbons (Fsp3) is 0.200. The van der Waals surface area contributed by atoms with Crippen LogP contribution in [0.25, 0.3) is 0 Å². The molecule has 0 saturated heterocycles. The van der Waals surface area contributed by atoms with E-state index in [1.54, 1.807) is 48.5 Å². The molecule has 0 fully saturated rings. The van der Waals surface area contributed by atoms with Crippen molar-refractivity contribution in [1.29, 1.82) is 0 Å². The molecule has 1 amide bonds. The smallest absolute Gasteiger partial charge is 0.338 e. The van der Waals surface area contributed by atoms with E-state index in [1.807, 2.05) is 37.3 Å². The lowest BCUT2D eigenvalue weighted by atomic mass is 10.1. The first-order valence-electron chi connectivity index (χ1n) is 10.2. The number of benzene rings is 3. The molecule has 3 aromatic rings. The number of hydrogen-bond donors (Lipinski definition) is 1. The summed E-state index contributed by atoms with van der Waals surface area (Å²) < 4.78 is 16.5. The highest BCUT2D eigenvalue weighted by Crippen LogP contribution is 2.20. The number of anilines is 1. The Balaban J connectivity index is 1.56. The highest BCUT2D eigenvalue weighted by Gasteiger charge is 2.13. The average Bonchev–Trinajstić information content (AvgIpc) is 2.81. The van der Waals surface area contributed by atoms with Gasteiger partial charge in [-0.05, 0) is 55.0 Å². The van der Waals surface area contributed by atoms with Gasteiger partial charge < -0.3 is 19.5 Å². The van der Waals surface area contributed by atoms with E-state index >= 15 is 0 Å². The molecule has 0 aromatic heterocycles.